The lowest BCUT2D eigenvalue weighted by atomic mass is 9.81. The second-order valence-electron chi connectivity index (χ2n) is 13.2. The van der Waals surface area contributed by atoms with Crippen molar-refractivity contribution in [1.82, 2.24) is 20.6 Å². The molecule has 1 saturated carbocycles. The van der Waals surface area contributed by atoms with Crippen molar-refractivity contribution in [3.63, 3.8) is 0 Å². The molecule has 1 aliphatic carbocycles. The summed E-state index contributed by atoms with van der Waals surface area (Å²) < 4.78 is 70.6. The Labute approximate surface area is 280 Å². The number of carbonyl (C=O) groups excluding carboxylic acids is 2. The van der Waals surface area contributed by atoms with Crippen LogP contribution in [-0.2, 0) is 15.8 Å². The molecule has 258 valence electrons. The first-order valence-electron chi connectivity index (χ1n) is 16.1. The van der Waals surface area contributed by atoms with Crippen molar-refractivity contribution in [2.24, 2.45) is 5.92 Å². The highest BCUT2D eigenvalue weighted by Gasteiger charge is 2.58. The first-order valence-corrected chi connectivity index (χ1v) is 16.1. The fourth-order valence-corrected chi connectivity index (χ4v) is 5.65. The van der Waals surface area contributed by atoms with Crippen LogP contribution in [0.1, 0.15) is 61.6 Å². The lowest BCUT2D eigenvalue weighted by molar-refractivity contribution is -0.265. The van der Waals surface area contributed by atoms with Crippen LogP contribution in [0.2, 0.25) is 0 Å². The van der Waals surface area contributed by atoms with Gasteiger partial charge in [0.25, 0.3) is 5.91 Å². The number of aliphatic hydroxyl groups is 1. The van der Waals surface area contributed by atoms with Crippen LogP contribution in [0, 0.1) is 11.7 Å². The maximum Gasteiger partial charge on any atom is 0.424 e. The standard InChI is InChI=1S/C36H36F4N4O5/c1-20(2)12-14-42-33(46)34(3)19-48-31-26(34)17-28(44-30(31)21-6-8-24(37)9-7-21)35(47,36(38,39)40)18-43-32(45)23-15-22-5-4-13-41-29(22)27(16-23)49-25-10-11-25/h4-9,13,15-17,20,25,47H,10-12,14,18-19H2,1-3H3,(H,42,46)(H,43,45)/t34-,35?/m0/s1. The van der Waals surface area contributed by atoms with Crippen molar-refractivity contribution < 1.29 is 41.7 Å². The lowest BCUT2D eigenvalue weighted by Crippen LogP contribution is -2.52. The number of halogens is 4. The first kappa shape index (κ1) is 34.1. The molecule has 1 fully saturated rings. The quantitative estimate of drug-likeness (QED) is 0.167. The Morgan fingerprint density at radius 1 is 1.10 bits per heavy atom. The van der Waals surface area contributed by atoms with Crippen molar-refractivity contribution in [2.75, 3.05) is 19.7 Å². The Balaban J connectivity index is 1.38. The van der Waals surface area contributed by atoms with Crippen LogP contribution < -0.4 is 20.1 Å². The van der Waals surface area contributed by atoms with E-state index in [2.05, 4.69) is 20.6 Å². The number of amides is 2. The second kappa shape index (κ2) is 12.9. The van der Waals surface area contributed by atoms with Gasteiger partial charge >= 0.3 is 6.18 Å². The normalized spacial score (nSPS) is 18.5. The molecule has 3 heterocycles. The lowest BCUT2D eigenvalue weighted by Gasteiger charge is -2.31. The Kier molecular flexibility index (Phi) is 8.99. The van der Waals surface area contributed by atoms with Gasteiger partial charge in [0, 0.05) is 34.8 Å². The molecule has 2 aliphatic rings. The number of hydrogen-bond donors (Lipinski definition) is 3. The molecule has 1 unspecified atom stereocenters. The molecule has 0 radical (unpaired) electrons. The summed E-state index contributed by atoms with van der Waals surface area (Å²) >= 11 is 0. The third-order valence-electron chi connectivity index (χ3n) is 8.85. The van der Waals surface area contributed by atoms with Gasteiger partial charge in [0.2, 0.25) is 11.5 Å². The third kappa shape index (κ3) is 6.76. The molecule has 0 saturated heterocycles. The van der Waals surface area contributed by atoms with E-state index >= 15 is 0 Å². The van der Waals surface area contributed by atoms with E-state index < -0.39 is 47.1 Å². The smallest absolute Gasteiger partial charge is 0.424 e. The van der Waals surface area contributed by atoms with E-state index in [1.165, 1.54) is 31.2 Å². The predicted molar refractivity (Wildman–Crippen MR) is 173 cm³/mol. The van der Waals surface area contributed by atoms with Gasteiger partial charge in [0.1, 0.15) is 40.5 Å². The first-order chi connectivity index (χ1) is 23.2. The number of aromatic nitrogens is 2. The second-order valence-corrected chi connectivity index (χ2v) is 13.2. The minimum absolute atomic E-state index is 0.00799. The van der Waals surface area contributed by atoms with Gasteiger partial charge < -0.3 is 25.2 Å². The number of nitrogens with one attached hydrogen (secondary N) is 2. The van der Waals surface area contributed by atoms with Crippen molar-refractivity contribution in [1.29, 1.82) is 0 Å². The average molecular weight is 681 g/mol. The van der Waals surface area contributed by atoms with E-state index in [1.807, 2.05) is 13.8 Å². The summed E-state index contributed by atoms with van der Waals surface area (Å²) in [6.07, 6.45) is -1.47. The number of pyridine rings is 2. The van der Waals surface area contributed by atoms with Crippen LogP contribution >= 0.6 is 0 Å². The van der Waals surface area contributed by atoms with E-state index in [4.69, 9.17) is 9.47 Å². The summed E-state index contributed by atoms with van der Waals surface area (Å²) in [5.41, 5.74) is -5.38. The van der Waals surface area contributed by atoms with Crippen LogP contribution in [-0.4, -0.2) is 58.9 Å². The van der Waals surface area contributed by atoms with Crippen molar-refractivity contribution in [3.8, 4) is 22.8 Å². The number of hydrogen-bond acceptors (Lipinski definition) is 7. The molecule has 3 N–H and O–H groups in total. The molecule has 13 heteroatoms. The summed E-state index contributed by atoms with van der Waals surface area (Å²) in [6, 6.07) is 12.1. The minimum atomic E-state index is -5.34. The average Bonchev–Trinajstić information content (AvgIpc) is 3.82. The fraction of sp³-hybridized carbons (Fsp3) is 0.389. The van der Waals surface area contributed by atoms with Gasteiger partial charge in [-0.25, -0.2) is 9.37 Å². The maximum atomic E-state index is 15.0. The predicted octanol–water partition coefficient (Wildman–Crippen LogP) is 5.97. The van der Waals surface area contributed by atoms with Crippen molar-refractivity contribution in [3.05, 3.63) is 83.4 Å². The molecule has 0 spiro atoms. The van der Waals surface area contributed by atoms with E-state index in [9.17, 15) is 32.3 Å². The number of rotatable bonds is 11. The largest absolute Gasteiger partial charge is 0.489 e. The van der Waals surface area contributed by atoms with Gasteiger partial charge in [0.05, 0.1) is 18.3 Å². The van der Waals surface area contributed by atoms with Crippen molar-refractivity contribution >= 4 is 22.7 Å². The number of fused-ring (bicyclic) bond motifs is 2. The van der Waals surface area contributed by atoms with E-state index in [0.717, 1.165) is 31.0 Å². The zero-order valence-electron chi connectivity index (χ0n) is 27.2. The van der Waals surface area contributed by atoms with Crippen LogP contribution in [0.4, 0.5) is 17.6 Å². The number of nitrogens with zero attached hydrogens (tertiary/aromatic N) is 2. The minimum Gasteiger partial charge on any atom is -0.489 e. The van der Waals surface area contributed by atoms with Gasteiger partial charge in [0.15, 0.2) is 0 Å². The van der Waals surface area contributed by atoms with Crippen molar-refractivity contribution in [2.45, 2.75) is 63.3 Å². The van der Waals surface area contributed by atoms with Gasteiger partial charge in [-0.1, -0.05) is 19.9 Å². The Morgan fingerprint density at radius 2 is 1.84 bits per heavy atom. The van der Waals surface area contributed by atoms with Gasteiger partial charge in [-0.3, -0.25) is 14.6 Å². The molecular formula is C36H36F4N4O5. The summed E-state index contributed by atoms with van der Waals surface area (Å²) in [4.78, 5) is 35.4. The summed E-state index contributed by atoms with van der Waals surface area (Å²) in [6.45, 7) is 4.32. The van der Waals surface area contributed by atoms with Crippen LogP contribution in [0.3, 0.4) is 0 Å². The van der Waals surface area contributed by atoms with E-state index in [-0.39, 0.29) is 40.8 Å². The molecule has 2 aromatic carbocycles. The molecule has 2 atom stereocenters. The number of ether oxygens (including phenoxy) is 2. The third-order valence-corrected chi connectivity index (χ3v) is 8.85. The monoisotopic (exact) mass is 680 g/mol. The fourth-order valence-electron chi connectivity index (χ4n) is 5.65. The zero-order valence-corrected chi connectivity index (χ0v) is 27.2. The number of carbonyl (C=O) groups is 2. The summed E-state index contributed by atoms with van der Waals surface area (Å²) in [5, 5.41) is 17.1. The molecule has 9 nitrogen and oxygen atoms in total. The topological polar surface area (TPSA) is 123 Å². The van der Waals surface area contributed by atoms with Gasteiger partial charge in [-0.05, 0) is 80.6 Å². The molecule has 1 aliphatic heterocycles. The molecule has 2 aromatic heterocycles. The number of benzene rings is 2. The summed E-state index contributed by atoms with van der Waals surface area (Å²) in [5.74, 6) is -1.30. The van der Waals surface area contributed by atoms with E-state index in [1.54, 1.807) is 18.3 Å². The highest BCUT2D eigenvalue weighted by molar-refractivity contribution is 6.00. The maximum absolute atomic E-state index is 15.0. The van der Waals surface area contributed by atoms with E-state index in [0.29, 0.717) is 35.5 Å². The van der Waals surface area contributed by atoms with Crippen LogP contribution in [0.15, 0.2) is 60.8 Å². The Bertz CT molecular complexity index is 1900. The highest BCUT2D eigenvalue weighted by Crippen LogP contribution is 2.48. The zero-order chi connectivity index (χ0) is 35.1. The molecule has 2 amide bonds. The van der Waals surface area contributed by atoms with Gasteiger partial charge in [-0.2, -0.15) is 13.2 Å². The highest BCUT2D eigenvalue weighted by atomic mass is 19.4. The Morgan fingerprint density at radius 3 is 2.51 bits per heavy atom. The molecule has 49 heavy (non-hydrogen) atoms. The SMILES string of the molecule is CC(C)CCNC(=O)[C@@]1(C)COc2c1cc(C(O)(CNC(=O)c1cc(OC3CC3)c3ncccc3c1)C(F)(F)F)nc2-c1ccc(F)cc1. The van der Waals surface area contributed by atoms with Gasteiger partial charge in [-0.15, -0.1) is 0 Å². The van der Waals surface area contributed by atoms with Crippen LogP contribution in [0.25, 0.3) is 22.2 Å². The molecule has 6 rings (SSSR count). The Hall–Kier alpha value is -4.78. The summed E-state index contributed by atoms with van der Waals surface area (Å²) in [7, 11) is 0. The molecular weight excluding hydrogens is 644 g/mol. The number of alkyl halides is 3. The molecule has 0 bridgehead atoms. The molecule has 4 aromatic rings. The van der Waals surface area contributed by atoms with Crippen LogP contribution in [0.5, 0.6) is 11.5 Å².